The van der Waals surface area contributed by atoms with Crippen LogP contribution in [0.2, 0.25) is 0 Å². The van der Waals surface area contributed by atoms with E-state index < -0.39 is 0 Å². The van der Waals surface area contributed by atoms with Crippen LogP contribution in [0.25, 0.3) is 0 Å². The summed E-state index contributed by atoms with van der Waals surface area (Å²) in [6.07, 6.45) is 3.28. The van der Waals surface area contributed by atoms with Crippen LogP contribution in [-0.4, -0.2) is 22.9 Å². The maximum atomic E-state index is 6.03. The van der Waals surface area contributed by atoms with Gasteiger partial charge in [0, 0.05) is 24.0 Å². The summed E-state index contributed by atoms with van der Waals surface area (Å²) in [4.78, 5) is 13.6. The van der Waals surface area contributed by atoms with E-state index in [9.17, 15) is 0 Å². The lowest BCUT2D eigenvalue weighted by Crippen LogP contribution is -2.15. The Morgan fingerprint density at radius 3 is 2.62 bits per heavy atom. The van der Waals surface area contributed by atoms with E-state index in [0.29, 0.717) is 23.1 Å². The fourth-order valence-electron chi connectivity index (χ4n) is 2.11. The molecule has 2 aromatic heterocycles. The molecule has 7 nitrogen and oxygen atoms in total. The van der Waals surface area contributed by atoms with E-state index in [1.807, 2.05) is 36.4 Å². The number of rotatable bonds is 7. The van der Waals surface area contributed by atoms with E-state index in [2.05, 4.69) is 15.1 Å². The predicted molar refractivity (Wildman–Crippen MR) is 97.1 cm³/mol. The van der Waals surface area contributed by atoms with Crippen molar-refractivity contribution in [2.24, 2.45) is 10.9 Å². The molecule has 0 aliphatic carbocycles. The molecule has 3 aromatic rings. The molecule has 0 aliphatic rings. The number of para-hydroxylation sites is 1. The van der Waals surface area contributed by atoms with Crippen LogP contribution < -0.4 is 15.2 Å². The Labute approximate surface area is 151 Å². The van der Waals surface area contributed by atoms with Gasteiger partial charge in [-0.25, -0.2) is 9.97 Å². The first-order valence-corrected chi connectivity index (χ1v) is 7.89. The van der Waals surface area contributed by atoms with Crippen LogP contribution in [0, 0.1) is 0 Å². The Morgan fingerprint density at radius 1 is 1.04 bits per heavy atom. The highest BCUT2D eigenvalue weighted by Gasteiger charge is 2.10. The number of ether oxygens (including phenoxy) is 2. The fraction of sp³-hybridized carbons (Fsp3) is 0.105. The van der Waals surface area contributed by atoms with Gasteiger partial charge in [-0.3, -0.25) is 0 Å². The highest BCUT2D eigenvalue weighted by molar-refractivity contribution is 5.99. The molecule has 3 rings (SSSR count). The average Bonchev–Trinajstić information content (AvgIpc) is 2.69. The topological polar surface area (TPSA) is 91.9 Å². The standard InChI is InChI=1S/C19H18N4O3/c1-24-17-10-9-14(12-22-17)13-25-23-18(20)16-8-5-11-21-19(16)26-15-6-3-2-4-7-15/h2-12H,13H2,1H3,(H2,20,23). The molecule has 2 N–H and O–H groups in total. The molecule has 0 fully saturated rings. The average molecular weight is 350 g/mol. The number of amidine groups is 1. The molecule has 26 heavy (non-hydrogen) atoms. The van der Waals surface area contributed by atoms with Crippen LogP contribution >= 0.6 is 0 Å². The summed E-state index contributed by atoms with van der Waals surface area (Å²) in [5.74, 6) is 1.72. The summed E-state index contributed by atoms with van der Waals surface area (Å²) in [7, 11) is 1.56. The first-order valence-electron chi connectivity index (χ1n) is 7.89. The molecule has 1 aromatic carbocycles. The number of benzene rings is 1. The summed E-state index contributed by atoms with van der Waals surface area (Å²) in [6, 6.07) is 16.4. The molecule has 0 radical (unpaired) electrons. The minimum Gasteiger partial charge on any atom is -0.481 e. The van der Waals surface area contributed by atoms with Crippen LogP contribution in [0.1, 0.15) is 11.1 Å². The zero-order chi connectivity index (χ0) is 18.2. The third-order valence-electron chi connectivity index (χ3n) is 3.41. The van der Waals surface area contributed by atoms with Crippen molar-refractivity contribution in [1.82, 2.24) is 9.97 Å². The Bertz CT molecular complexity index is 867. The van der Waals surface area contributed by atoms with E-state index in [-0.39, 0.29) is 12.4 Å². The molecule has 0 saturated carbocycles. The molecular formula is C19H18N4O3. The second-order valence-corrected chi connectivity index (χ2v) is 5.23. The highest BCUT2D eigenvalue weighted by Crippen LogP contribution is 2.22. The molecular weight excluding hydrogens is 332 g/mol. The van der Waals surface area contributed by atoms with Crippen LogP contribution in [0.5, 0.6) is 17.5 Å². The van der Waals surface area contributed by atoms with Gasteiger partial charge in [0.1, 0.15) is 12.4 Å². The molecule has 0 aliphatic heterocycles. The van der Waals surface area contributed by atoms with Crippen LogP contribution in [0.3, 0.4) is 0 Å². The van der Waals surface area contributed by atoms with Gasteiger partial charge in [-0.05, 0) is 30.3 Å². The lowest BCUT2D eigenvalue weighted by atomic mass is 10.2. The zero-order valence-corrected chi connectivity index (χ0v) is 14.2. The van der Waals surface area contributed by atoms with Crippen LogP contribution in [0.4, 0.5) is 0 Å². The van der Waals surface area contributed by atoms with Gasteiger partial charge < -0.3 is 20.0 Å². The van der Waals surface area contributed by atoms with Crippen LogP contribution in [-0.2, 0) is 11.4 Å². The van der Waals surface area contributed by atoms with Gasteiger partial charge in [-0.15, -0.1) is 0 Å². The van der Waals surface area contributed by atoms with E-state index in [1.54, 1.807) is 37.7 Å². The number of nitrogens with two attached hydrogens (primary N) is 1. The van der Waals surface area contributed by atoms with Gasteiger partial charge in [0.05, 0.1) is 12.7 Å². The van der Waals surface area contributed by atoms with Gasteiger partial charge in [0.2, 0.25) is 11.8 Å². The fourth-order valence-corrected chi connectivity index (χ4v) is 2.11. The maximum Gasteiger partial charge on any atom is 0.230 e. The van der Waals surface area contributed by atoms with Crippen molar-refractivity contribution in [2.75, 3.05) is 7.11 Å². The summed E-state index contributed by atoms with van der Waals surface area (Å²) in [6.45, 7) is 0.229. The first-order chi connectivity index (χ1) is 12.8. The molecule has 0 bridgehead atoms. The predicted octanol–water partition coefficient (Wildman–Crippen LogP) is 3.11. The summed E-state index contributed by atoms with van der Waals surface area (Å²) in [5.41, 5.74) is 7.42. The van der Waals surface area contributed by atoms with Gasteiger partial charge >= 0.3 is 0 Å². The molecule has 0 spiro atoms. The minimum absolute atomic E-state index is 0.172. The van der Waals surface area contributed by atoms with E-state index in [4.69, 9.17) is 20.0 Å². The normalized spacial score (nSPS) is 11.0. The Balaban J connectivity index is 1.68. The van der Waals surface area contributed by atoms with Gasteiger partial charge in [-0.2, -0.15) is 0 Å². The number of hydrogen-bond donors (Lipinski definition) is 1. The molecule has 7 heteroatoms. The second-order valence-electron chi connectivity index (χ2n) is 5.23. The Kier molecular flexibility index (Phi) is 5.61. The van der Waals surface area contributed by atoms with Crippen molar-refractivity contribution in [3.8, 4) is 17.5 Å². The van der Waals surface area contributed by atoms with Crippen molar-refractivity contribution >= 4 is 5.84 Å². The van der Waals surface area contributed by atoms with E-state index >= 15 is 0 Å². The van der Waals surface area contributed by atoms with Gasteiger partial charge in [0.15, 0.2) is 5.84 Å². The smallest absolute Gasteiger partial charge is 0.230 e. The van der Waals surface area contributed by atoms with Gasteiger partial charge in [-0.1, -0.05) is 23.4 Å². The monoisotopic (exact) mass is 350 g/mol. The van der Waals surface area contributed by atoms with Crippen molar-refractivity contribution < 1.29 is 14.3 Å². The summed E-state index contributed by atoms with van der Waals surface area (Å²) >= 11 is 0. The lowest BCUT2D eigenvalue weighted by Gasteiger charge is -2.09. The second kappa shape index (κ2) is 8.48. The number of hydrogen-bond acceptors (Lipinski definition) is 6. The number of aromatic nitrogens is 2. The quantitative estimate of drug-likeness (QED) is 0.400. The minimum atomic E-state index is 0.172. The van der Waals surface area contributed by atoms with Crippen molar-refractivity contribution in [3.63, 3.8) is 0 Å². The number of oxime groups is 1. The number of pyridine rings is 2. The molecule has 0 amide bonds. The molecule has 2 heterocycles. The summed E-state index contributed by atoms with van der Waals surface area (Å²) < 4.78 is 10.8. The first kappa shape index (κ1) is 17.2. The number of methoxy groups -OCH3 is 1. The van der Waals surface area contributed by atoms with Crippen molar-refractivity contribution in [1.29, 1.82) is 0 Å². The Hall–Kier alpha value is -3.61. The largest absolute Gasteiger partial charge is 0.481 e. The lowest BCUT2D eigenvalue weighted by molar-refractivity contribution is 0.130. The maximum absolute atomic E-state index is 6.03. The van der Waals surface area contributed by atoms with Crippen LogP contribution in [0.15, 0.2) is 72.1 Å². The van der Waals surface area contributed by atoms with Crippen molar-refractivity contribution in [3.05, 3.63) is 78.1 Å². The SMILES string of the molecule is COc1ccc(CO/N=C(/N)c2cccnc2Oc2ccccc2)cn1. The van der Waals surface area contributed by atoms with Gasteiger partial charge in [0.25, 0.3) is 0 Å². The Morgan fingerprint density at radius 2 is 1.88 bits per heavy atom. The van der Waals surface area contributed by atoms with E-state index in [0.717, 1.165) is 5.56 Å². The van der Waals surface area contributed by atoms with Crippen molar-refractivity contribution in [2.45, 2.75) is 6.61 Å². The number of nitrogens with zero attached hydrogens (tertiary/aromatic N) is 3. The molecule has 0 unspecified atom stereocenters. The third-order valence-corrected chi connectivity index (χ3v) is 3.41. The molecule has 0 atom stereocenters. The molecule has 132 valence electrons. The van der Waals surface area contributed by atoms with E-state index in [1.165, 1.54) is 0 Å². The summed E-state index contributed by atoms with van der Waals surface area (Å²) in [5, 5.41) is 3.95. The highest BCUT2D eigenvalue weighted by atomic mass is 16.6. The molecule has 0 saturated heterocycles. The third kappa shape index (κ3) is 4.47. The zero-order valence-electron chi connectivity index (χ0n) is 14.2.